The van der Waals surface area contributed by atoms with Crippen molar-refractivity contribution in [3.05, 3.63) is 0 Å². The van der Waals surface area contributed by atoms with Crippen LogP contribution in [0.2, 0.25) is 0 Å². The van der Waals surface area contributed by atoms with E-state index in [1.54, 1.807) is 0 Å². The lowest BCUT2D eigenvalue weighted by atomic mass is 10.2. The van der Waals surface area contributed by atoms with Gasteiger partial charge in [0.1, 0.15) is 0 Å². The maximum Gasteiger partial charge on any atom is 0.308 e. The van der Waals surface area contributed by atoms with Crippen LogP contribution in [0.15, 0.2) is 0 Å². The molecule has 0 radical (unpaired) electrons. The van der Waals surface area contributed by atoms with Gasteiger partial charge in [0.25, 0.3) is 11.9 Å². The number of hydrogen-bond donors (Lipinski definition) is 0. The van der Waals surface area contributed by atoms with E-state index in [4.69, 9.17) is 37.9 Å². The van der Waals surface area contributed by atoms with E-state index in [9.17, 15) is 9.59 Å². The molecule has 0 aromatic heterocycles. The van der Waals surface area contributed by atoms with E-state index in [1.807, 2.05) is 27.7 Å². The minimum atomic E-state index is -1.25. The van der Waals surface area contributed by atoms with Crippen LogP contribution in [-0.2, 0) is 47.5 Å². The number of hydrogen-bond acceptors (Lipinski definition) is 10. The molecule has 0 heterocycles. The van der Waals surface area contributed by atoms with Crippen LogP contribution in [0.4, 0.5) is 0 Å². The second-order valence-corrected chi connectivity index (χ2v) is 11.0. The lowest BCUT2D eigenvalue weighted by Crippen LogP contribution is -2.43. The highest BCUT2D eigenvalue weighted by Gasteiger charge is 2.37. The van der Waals surface area contributed by atoms with E-state index in [2.05, 4.69) is 27.7 Å². The van der Waals surface area contributed by atoms with Crippen molar-refractivity contribution in [3.8, 4) is 0 Å². The van der Waals surface area contributed by atoms with Gasteiger partial charge in [-0.1, -0.05) is 81.1 Å². The summed E-state index contributed by atoms with van der Waals surface area (Å²) in [4.78, 5) is 25.3. The molecule has 262 valence electrons. The molecule has 2 atom stereocenters. The van der Waals surface area contributed by atoms with Gasteiger partial charge in [0.15, 0.2) is 0 Å². The quantitative estimate of drug-likeness (QED) is 0.0418. The summed E-state index contributed by atoms with van der Waals surface area (Å²) >= 11 is 0. The fourth-order valence-electron chi connectivity index (χ4n) is 4.01. The second kappa shape index (κ2) is 26.9. The number of rotatable bonds is 31. The molecule has 0 aromatic rings. The van der Waals surface area contributed by atoms with Gasteiger partial charge < -0.3 is 28.4 Å². The molecule has 0 fully saturated rings. The first-order valence-electron chi connectivity index (χ1n) is 17.5. The summed E-state index contributed by atoms with van der Waals surface area (Å²) in [5, 5.41) is 0. The van der Waals surface area contributed by atoms with Gasteiger partial charge >= 0.3 is 11.9 Å². The summed E-state index contributed by atoms with van der Waals surface area (Å²) in [6.07, 6.45) is 8.98. The Labute approximate surface area is 268 Å². The van der Waals surface area contributed by atoms with Crippen molar-refractivity contribution >= 4 is 11.9 Å². The Hall–Kier alpha value is -1.30. The Morgan fingerprint density at radius 3 is 1.00 bits per heavy atom. The normalized spacial score (nSPS) is 13.5. The zero-order valence-corrected chi connectivity index (χ0v) is 29.4. The van der Waals surface area contributed by atoms with Gasteiger partial charge in [0.2, 0.25) is 12.6 Å². The van der Waals surface area contributed by atoms with Crippen molar-refractivity contribution in [2.24, 2.45) is 0 Å². The van der Waals surface area contributed by atoms with Crippen LogP contribution in [0.5, 0.6) is 0 Å². The molecule has 0 aliphatic heterocycles. The van der Waals surface area contributed by atoms with Crippen molar-refractivity contribution in [2.75, 3.05) is 26.4 Å². The van der Waals surface area contributed by atoms with Crippen LogP contribution in [0.25, 0.3) is 0 Å². The number of unbranched alkanes of at least 4 members (excludes halogenated alkanes) is 5. The van der Waals surface area contributed by atoms with Gasteiger partial charge in [-0.2, -0.15) is 0 Å². The monoisotopic (exact) mass is 634 g/mol. The summed E-state index contributed by atoms with van der Waals surface area (Å²) in [5.74, 6) is -3.28. The minimum absolute atomic E-state index is 0.156. The standard InChI is InChI=1S/C34H66O10/c1-9-17-25-37-33(15-7,38-26-18-10-2)43-31(13-5)41-29(35)23-21-22-24-30(36)42-32(14-6)44-34(16-8,39-27-19-11-3)40-28-20-12-4/h31-32H,9-28H2,1-8H3. The highest BCUT2D eigenvalue weighted by molar-refractivity contribution is 5.70. The average molecular weight is 635 g/mol. The van der Waals surface area contributed by atoms with Crippen molar-refractivity contribution < 1.29 is 47.5 Å². The van der Waals surface area contributed by atoms with Gasteiger partial charge in [0, 0.05) is 38.5 Å². The topological polar surface area (TPSA) is 108 Å². The number of carbonyl (C=O) groups excluding carboxylic acids is 2. The predicted octanol–water partition coefficient (Wildman–Crippen LogP) is 8.53. The molecule has 0 rings (SSSR count). The minimum Gasteiger partial charge on any atom is -0.436 e. The molecule has 0 saturated carbocycles. The molecule has 0 aromatic carbocycles. The Morgan fingerprint density at radius 1 is 0.477 bits per heavy atom. The smallest absolute Gasteiger partial charge is 0.308 e. The number of carbonyl (C=O) groups is 2. The summed E-state index contributed by atoms with van der Waals surface area (Å²) in [5.41, 5.74) is 0. The Bertz CT molecular complexity index is 624. The molecule has 44 heavy (non-hydrogen) atoms. The highest BCUT2D eigenvalue weighted by atomic mass is 16.9. The van der Waals surface area contributed by atoms with E-state index >= 15 is 0 Å². The van der Waals surface area contributed by atoms with Crippen LogP contribution in [0.1, 0.15) is 158 Å². The number of esters is 2. The first-order chi connectivity index (χ1) is 21.2. The molecule has 2 unspecified atom stereocenters. The Kier molecular flexibility index (Phi) is 26.1. The Morgan fingerprint density at radius 2 is 0.773 bits per heavy atom. The van der Waals surface area contributed by atoms with Crippen molar-refractivity contribution in [1.29, 1.82) is 0 Å². The third-order valence-electron chi connectivity index (χ3n) is 6.97. The summed E-state index contributed by atoms with van der Waals surface area (Å²) in [6, 6.07) is 0. The molecule has 0 amide bonds. The zero-order chi connectivity index (χ0) is 33.1. The van der Waals surface area contributed by atoms with E-state index < -0.39 is 36.5 Å². The van der Waals surface area contributed by atoms with E-state index in [-0.39, 0.29) is 12.8 Å². The third kappa shape index (κ3) is 19.3. The molecular weight excluding hydrogens is 568 g/mol. The van der Waals surface area contributed by atoms with Crippen LogP contribution in [0.3, 0.4) is 0 Å². The van der Waals surface area contributed by atoms with Gasteiger partial charge in [-0.15, -0.1) is 0 Å². The highest BCUT2D eigenvalue weighted by Crippen LogP contribution is 2.27. The van der Waals surface area contributed by atoms with Crippen LogP contribution in [0, 0.1) is 0 Å². The van der Waals surface area contributed by atoms with Gasteiger partial charge in [-0.3, -0.25) is 19.1 Å². The maximum absolute atomic E-state index is 12.6. The third-order valence-corrected chi connectivity index (χ3v) is 6.97. The fraction of sp³-hybridized carbons (Fsp3) is 0.941. The van der Waals surface area contributed by atoms with Crippen molar-refractivity contribution in [1.82, 2.24) is 0 Å². The molecule has 0 aliphatic rings. The first-order valence-corrected chi connectivity index (χ1v) is 17.5. The van der Waals surface area contributed by atoms with Gasteiger partial charge in [-0.05, 0) is 38.5 Å². The van der Waals surface area contributed by atoms with E-state index in [0.717, 1.165) is 51.4 Å². The molecule has 0 aliphatic carbocycles. The average Bonchev–Trinajstić information content (AvgIpc) is 3.02. The Balaban J connectivity index is 4.88. The molecule has 10 heteroatoms. The van der Waals surface area contributed by atoms with Crippen molar-refractivity contribution in [3.63, 3.8) is 0 Å². The SMILES string of the molecule is CCCCOC(CC)(OCCCC)OC(CC)OC(=O)CCCCC(=O)OC(CC)OC(CC)(OCCCC)OCCCC. The fourth-order valence-corrected chi connectivity index (χ4v) is 4.01. The summed E-state index contributed by atoms with van der Waals surface area (Å²) in [7, 11) is 0. The molecular formula is C34H66O10. The molecule has 0 bridgehead atoms. The predicted molar refractivity (Wildman–Crippen MR) is 170 cm³/mol. The largest absolute Gasteiger partial charge is 0.436 e. The summed E-state index contributed by atoms with van der Waals surface area (Å²) in [6.45, 7) is 18.0. The lowest BCUT2D eigenvalue weighted by molar-refractivity contribution is -0.416. The lowest BCUT2D eigenvalue weighted by Gasteiger charge is -2.35. The van der Waals surface area contributed by atoms with Crippen LogP contribution >= 0.6 is 0 Å². The number of ether oxygens (including phenoxy) is 8. The van der Waals surface area contributed by atoms with Gasteiger partial charge in [-0.25, -0.2) is 0 Å². The molecule has 0 N–H and O–H groups in total. The van der Waals surface area contributed by atoms with E-state index in [0.29, 0.717) is 65.0 Å². The van der Waals surface area contributed by atoms with E-state index in [1.165, 1.54) is 0 Å². The van der Waals surface area contributed by atoms with Crippen molar-refractivity contribution in [2.45, 2.75) is 183 Å². The molecule has 0 saturated heterocycles. The molecule has 10 nitrogen and oxygen atoms in total. The molecule has 0 spiro atoms. The van der Waals surface area contributed by atoms with Crippen LogP contribution in [-0.4, -0.2) is 62.9 Å². The van der Waals surface area contributed by atoms with Crippen LogP contribution < -0.4 is 0 Å². The first kappa shape index (κ1) is 42.7. The second-order valence-electron chi connectivity index (χ2n) is 11.0. The summed E-state index contributed by atoms with van der Waals surface area (Å²) < 4.78 is 47.5. The van der Waals surface area contributed by atoms with Gasteiger partial charge in [0.05, 0.1) is 26.4 Å². The zero-order valence-electron chi connectivity index (χ0n) is 29.4. The maximum atomic E-state index is 12.6.